The van der Waals surface area contributed by atoms with Crippen LogP contribution in [0, 0.1) is 0 Å². The van der Waals surface area contributed by atoms with Crippen molar-refractivity contribution in [2.45, 2.75) is 16.6 Å². The summed E-state index contributed by atoms with van der Waals surface area (Å²) in [4.78, 5) is 6.04. The number of hydrogen-bond acceptors (Lipinski definition) is 4. The smallest absolute Gasteiger partial charge is 0.124 e. The van der Waals surface area contributed by atoms with Gasteiger partial charge in [-0.15, -0.1) is 11.8 Å². The zero-order valence-electron chi connectivity index (χ0n) is 14.4. The molecule has 0 aromatic heterocycles. The fraction of sp³-hybridized carbons (Fsp3) is 0.136. The monoisotopic (exact) mass is 361 g/mol. The molecule has 0 amide bonds. The zero-order chi connectivity index (χ0) is 17.9. The van der Waals surface area contributed by atoms with E-state index in [-0.39, 0.29) is 11.0 Å². The number of methoxy groups -OCH3 is 1. The highest BCUT2D eigenvalue weighted by Crippen LogP contribution is 2.46. The van der Waals surface area contributed by atoms with Crippen molar-refractivity contribution in [2.75, 3.05) is 7.11 Å². The summed E-state index contributed by atoms with van der Waals surface area (Å²) in [6.07, 6.45) is 0.726. The predicted octanol–water partition coefficient (Wildman–Crippen LogP) is 5.76. The molecular weight excluding hydrogens is 342 g/mol. The summed E-state index contributed by atoms with van der Waals surface area (Å²) in [6.45, 7) is 0. The standard InChI is InChI=1S/C22H19NO2S/c1-25-16-8-6-7-15(13-16)22-14-19(17-9-2-4-11-20(17)24)23-18-10-3-5-12-21(18)26-22/h2-13,22,24H,14H2,1H3. The first-order valence-electron chi connectivity index (χ1n) is 8.50. The van der Waals surface area contributed by atoms with E-state index in [1.807, 2.05) is 48.5 Å². The number of fused-ring (bicyclic) bond motifs is 1. The van der Waals surface area contributed by atoms with Crippen molar-refractivity contribution in [3.8, 4) is 11.5 Å². The van der Waals surface area contributed by atoms with Gasteiger partial charge in [0.15, 0.2) is 0 Å². The minimum Gasteiger partial charge on any atom is -0.507 e. The van der Waals surface area contributed by atoms with Crippen LogP contribution in [0.3, 0.4) is 0 Å². The maximum Gasteiger partial charge on any atom is 0.124 e. The van der Waals surface area contributed by atoms with Crippen LogP contribution in [0.1, 0.15) is 22.8 Å². The van der Waals surface area contributed by atoms with E-state index in [1.165, 1.54) is 5.56 Å². The predicted molar refractivity (Wildman–Crippen MR) is 107 cm³/mol. The van der Waals surface area contributed by atoms with Crippen molar-refractivity contribution in [3.63, 3.8) is 0 Å². The molecule has 1 heterocycles. The SMILES string of the molecule is COc1cccc(C2CC(c3ccccc3O)=Nc3ccccc3S2)c1. The molecule has 0 saturated carbocycles. The average molecular weight is 361 g/mol. The van der Waals surface area contributed by atoms with Crippen molar-refractivity contribution in [1.82, 2.24) is 0 Å². The summed E-state index contributed by atoms with van der Waals surface area (Å²) < 4.78 is 5.40. The molecule has 1 aliphatic heterocycles. The van der Waals surface area contributed by atoms with Gasteiger partial charge in [-0.1, -0.05) is 36.4 Å². The lowest BCUT2D eigenvalue weighted by Gasteiger charge is -2.17. The molecule has 4 heteroatoms. The zero-order valence-corrected chi connectivity index (χ0v) is 15.2. The van der Waals surface area contributed by atoms with E-state index in [9.17, 15) is 5.11 Å². The Hall–Kier alpha value is -2.72. The molecule has 4 rings (SSSR count). The van der Waals surface area contributed by atoms with Crippen molar-refractivity contribution in [3.05, 3.63) is 83.9 Å². The number of ether oxygens (including phenoxy) is 1. The van der Waals surface area contributed by atoms with Crippen LogP contribution in [-0.4, -0.2) is 17.9 Å². The quantitative estimate of drug-likeness (QED) is 0.645. The minimum atomic E-state index is 0.187. The maximum atomic E-state index is 10.3. The Labute approximate surface area is 157 Å². The third-order valence-electron chi connectivity index (χ3n) is 4.45. The van der Waals surface area contributed by atoms with E-state index in [0.717, 1.165) is 34.0 Å². The van der Waals surface area contributed by atoms with Gasteiger partial charge in [0.2, 0.25) is 0 Å². The molecular formula is C22H19NO2S. The highest BCUT2D eigenvalue weighted by atomic mass is 32.2. The molecule has 1 aliphatic rings. The molecule has 3 aromatic carbocycles. The number of rotatable bonds is 3. The lowest BCUT2D eigenvalue weighted by molar-refractivity contribution is 0.414. The number of aliphatic imine (C=N–C) groups is 1. The number of benzene rings is 3. The first kappa shape index (κ1) is 16.7. The molecule has 1 N–H and O–H groups in total. The number of aromatic hydroxyl groups is 1. The Bertz CT molecular complexity index is 968. The van der Waals surface area contributed by atoms with Gasteiger partial charge in [-0.05, 0) is 42.0 Å². The highest BCUT2D eigenvalue weighted by Gasteiger charge is 2.23. The summed E-state index contributed by atoms with van der Waals surface area (Å²) in [5.74, 6) is 1.11. The Balaban J connectivity index is 1.81. The number of hydrogen-bond donors (Lipinski definition) is 1. The Morgan fingerprint density at radius 1 is 1.00 bits per heavy atom. The molecule has 0 spiro atoms. The van der Waals surface area contributed by atoms with E-state index in [1.54, 1.807) is 24.9 Å². The van der Waals surface area contributed by atoms with Crippen LogP contribution >= 0.6 is 11.8 Å². The first-order valence-corrected chi connectivity index (χ1v) is 9.38. The van der Waals surface area contributed by atoms with Gasteiger partial charge >= 0.3 is 0 Å². The number of phenols is 1. The third kappa shape index (κ3) is 3.33. The van der Waals surface area contributed by atoms with E-state index in [2.05, 4.69) is 18.2 Å². The molecule has 0 saturated heterocycles. The van der Waals surface area contributed by atoms with Gasteiger partial charge in [0.05, 0.1) is 18.5 Å². The van der Waals surface area contributed by atoms with Crippen molar-refractivity contribution in [1.29, 1.82) is 0 Å². The van der Waals surface area contributed by atoms with Crippen molar-refractivity contribution >= 4 is 23.2 Å². The van der Waals surface area contributed by atoms with E-state index < -0.39 is 0 Å². The average Bonchev–Trinajstić information content (AvgIpc) is 2.88. The van der Waals surface area contributed by atoms with Crippen LogP contribution in [0.25, 0.3) is 0 Å². The fourth-order valence-electron chi connectivity index (χ4n) is 3.13. The summed E-state index contributed by atoms with van der Waals surface area (Å²) >= 11 is 1.80. The van der Waals surface area contributed by atoms with Gasteiger partial charge in [-0.2, -0.15) is 0 Å². The van der Waals surface area contributed by atoms with Crippen LogP contribution in [0.5, 0.6) is 11.5 Å². The summed E-state index contributed by atoms with van der Waals surface area (Å²) in [5.41, 5.74) is 3.82. The van der Waals surface area contributed by atoms with Gasteiger partial charge in [0.1, 0.15) is 11.5 Å². The molecule has 0 fully saturated rings. The number of phenolic OH excluding ortho intramolecular Hbond substituents is 1. The van der Waals surface area contributed by atoms with Crippen LogP contribution in [0.4, 0.5) is 5.69 Å². The molecule has 26 heavy (non-hydrogen) atoms. The van der Waals surface area contributed by atoms with Crippen molar-refractivity contribution < 1.29 is 9.84 Å². The van der Waals surface area contributed by atoms with Gasteiger partial charge in [0.25, 0.3) is 0 Å². The van der Waals surface area contributed by atoms with E-state index in [4.69, 9.17) is 9.73 Å². The molecule has 0 aliphatic carbocycles. The van der Waals surface area contributed by atoms with Gasteiger partial charge < -0.3 is 9.84 Å². The molecule has 1 atom stereocenters. The van der Waals surface area contributed by atoms with Crippen LogP contribution in [0.2, 0.25) is 0 Å². The van der Waals surface area contributed by atoms with Crippen LogP contribution in [0.15, 0.2) is 82.7 Å². The molecule has 0 bridgehead atoms. The molecule has 3 nitrogen and oxygen atoms in total. The summed E-state index contributed by atoms with van der Waals surface area (Å²) in [7, 11) is 1.68. The Morgan fingerprint density at radius 2 is 1.81 bits per heavy atom. The second kappa shape index (κ2) is 7.26. The second-order valence-electron chi connectivity index (χ2n) is 6.13. The fourth-order valence-corrected chi connectivity index (χ4v) is 4.35. The van der Waals surface area contributed by atoms with E-state index in [0.29, 0.717) is 0 Å². The largest absolute Gasteiger partial charge is 0.507 e. The normalized spacial score (nSPS) is 16.3. The summed E-state index contributed by atoms with van der Waals surface area (Å²) in [6, 6.07) is 23.7. The van der Waals surface area contributed by atoms with Gasteiger partial charge in [0, 0.05) is 22.1 Å². The lowest BCUT2D eigenvalue weighted by atomic mass is 10.0. The molecule has 130 valence electrons. The van der Waals surface area contributed by atoms with Crippen LogP contribution < -0.4 is 4.74 Å². The topological polar surface area (TPSA) is 41.8 Å². The maximum absolute atomic E-state index is 10.3. The van der Waals surface area contributed by atoms with E-state index >= 15 is 0 Å². The Kier molecular flexibility index (Phi) is 4.67. The third-order valence-corrected chi connectivity index (χ3v) is 5.77. The highest BCUT2D eigenvalue weighted by molar-refractivity contribution is 7.99. The molecule has 3 aromatic rings. The molecule has 0 radical (unpaired) electrons. The Morgan fingerprint density at radius 3 is 2.65 bits per heavy atom. The second-order valence-corrected chi connectivity index (χ2v) is 7.38. The number of para-hydroxylation sites is 2. The molecule has 1 unspecified atom stereocenters. The van der Waals surface area contributed by atoms with Crippen LogP contribution in [-0.2, 0) is 0 Å². The first-order chi connectivity index (χ1) is 12.7. The number of thioether (sulfide) groups is 1. The minimum absolute atomic E-state index is 0.187. The summed E-state index contributed by atoms with van der Waals surface area (Å²) in [5, 5.41) is 10.5. The number of nitrogens with zero attached hydrogens (tertiary/aromatic N) is 1. The van der Waals surface area contributed by atoms with Gasteiger partial charge in [-0.3, -0.25) is 4.99 Å². The lowest BCUT2D eigenvalue weighted by Crippen LogP contribution is -2.06. The van der Waals surface area contributed by atoms with Crippen molar-refractivity contribution in [2.24, 2.45) is 4.99 Å². The van der Waals surface area contributed by atoms with Gasteiger partial charge in [-0.25, -0.2) is 0 Å².